The predicted molar refractivity (Wildman–Crippen MR) is 93.4 cm³/mol. The highest BCUT2D eigenvalue weighted by Crippen LogP contribution is 2.18. The van der Waals surface area contributed by atoms with E-state index in [0.29, 0.717) is 37.1 Å². The maximum Gasteiger partial charge on any atom is 0.220 e. The summed E-state index contributed by atoms with van der Waals surface area (Å²) in [5, 5.41) is 11.2. The minimum absolute atomic E-state index is 0.0723. The molecule has 1 aromatic heterocycles. The summed E-state index contributed by atoms with van der Waals surface area (Å²) < 4.78 is 10.9. The summed E-state index contributed by atoms with van der Waals surface area (Å²) in [4.78, 5) is 11.9. The Morgan fingerprint density at radius 2 is 1.96 bits per heavy atom. The van der Waals surface area contributed by atoms with E-state index in [0.717, 1.165) is 30.6 Å². The molecule has 1 amide bonds. The molecule has 0 aliphatic heterocycles. The summed E-state index contributed by atoms with van der Waals surface area (Å²) in [5.41, 5.74) is 1.16. The third-order valence-corrected chi connectivity index (χ3v) is 4.56. The van der Waals surface area contributed by atoms with Crippen LogP contribution in [0.4, 0.5) is 0 Å². The second-order valence-corrected chi connectivity index (χ2v) is 6.49. The predicted octanol–water partition coefficient (Wildman–Crippen LogP) is 2.85. The van der Waals surface area contributed by atoms with Crippen LogP contribution in [0, 0.1) is 0 Å². The number of amides is 1. The molecule has 6 nitrogen and oxygen atoms in total. The summed E-state index contributed by atoms with van der Waals surface area (Å²) in [6.45, 7) is 0. The van der Waals surface area contributed by atoms with Gasteiger partial charge < -0.3 is 14.5 Å². The Bertz CT molecular complexity index is 693. The van der Waals surface area contributed by atoms with Gasteiger partial charge in [-0.05, 0) is 37.0 Å². The molecular weight excluding hydrogens is 318 g/mol. The molecule has 0 unspecified atom stereocenters. The van der Waals surface area contributed by atoms with Crippen LogP contribution in [0.25, 0.3) is 0 Å². The molecular formula is C19H25N3O3. The molecule has 1 heterocycles. The second kappa shape index (κ2) is 8.65. The molecule has 1 aromatic carbocycles. The highest BCUT2D eigenvalue weighted by atomic mass is 16.5. The van der Waals surface area contributed by atoms with Crippen LogP contribution in [0.5, 0.6) is 5.75 Å². The Morgan fingerprint density at radius 3 is 2.72 bits per heavy atom. The summed E-state index contributed by atoms with van der Waals surface area (Å²) in [6.07, 6.45) is 6.99. The number of benzene rings is 1. The normalized spacial score (nSPS) is 14.6. The van der Waals surface area contributed by atoms with Crippen molar-refractivity contribution in [1.29, 1.82) is 0 Å². The van der Waals surface area contributed by atoms with E-state index in [1.807, 2.05) is 24.3 Å². The van der Waals surface area contributed by atoms with Crippen LogP contribution >= 0.6 is 0 Å². The van der Waals surface area contributed by atoms with Gasteiger partial charge in [-0.25, -0.2) is 0 Å². The number of aryl methyl sites for hydroxylation is 3. The highest BCUT2D eigenvalue weighted by Gasteiger charge is 2.17. The Kier molecular flexibility index (Phi) is 6.04. The molecule has 1 aliphatic carbocycles. The fraction of sp³-hybridized carbons (Fsp3) is 0.526. The SMILES string of the molecule is COc1cccc(CCc2nnc(CCC(=O)NC3CCCC3)o2)c1. The average Bonchev–Trinajstić information content (AvgIpc) is 3.30. The Morgan fingerprint density at radius 1 is 1.20 bits per heavy atom. The first kappa shape index (κ1) is 17.5. The molecule has 0 spiro atoms. The van der Waals surface area contributed by atoms with Crippen LogP contribution in [0.2, 0.25) is 0 Å². The number of aromatic nitrogens is 2. The van der Waals surface area contributed by atoms with Crippen molar-refractivity contribution in [2.45, 2.75) is 57.4 Å². The lowest BCUT2D eigenvalue weighted by Gasteiger charge is -2.10. The third kappa shape index (κ3) is 5.31. The zero-order valence-electron chi connectivity index (χ0n) is 14.7. The van der Waals surface area contributed by atoms with Crippen molar-refractivity contribution >= 4 is 5.91 Å². The van der Waals surface area contributed by atoms with Crippen LogP contribution in [0.15, 0.2) is 28.7 Å². The van der Waals surface area contributed by atoms with Gasteiger partial charge in [0.1, 0.15) is 5.75 Å². The molecule has 6 heteroatoms. The molecule has 1 fully saturated rings. The lowest BCUT2D eigenvalue weighted by molar-refractivity contribution is -0.121. The van der Waals surface area contributed by atoms with E-state index in [9.17, 15) is 4.79 Å². The minimum Gasteiger partial charge on any atom is -0.497 e. The van der Waals surface area contributed by atoms with Gasteiger partial charge in [-0.2, -0.15) is 0 Å². The van der Waals surface area contributed by atoms with Crippen LogP contribution < -0.4 is 10.1 Å². The van der Waals surface area contributed by atoms with Gasteiger partial charge in [0.2, 0.25) is 17.7 Å². The zero-order valence-corrected chi connectivity index (χ0v) is 14.7. The Balaban J connectivity index is 1.43. The number of methoxy groups -OCH3 is 1. The first-order valence-electron chi connectivity index (χ1n) is 8.96. The van der Waals surface area contributed by atoms with Crippen LogP contribution in [-0.4, -0.2) is 29.3 Å². The molecule has 134 valence electrons. The monoisotopic (exact) mass is 343 g/mol. The smallest absolute Gasteiger partial charge is 0.220 e. The van der Waals surface area contributed by atoms with E-state index in [4.69, 9.17) is 9.15 Å². The number of rotatable bonds is 8. The zero-order chi connectivity index (χ0) is 17.5. The molecule has 1 aliphatic rings. The number of carbonyl (C=O) groups excluding carboxylic acids is 1. The molecule has 0 atom stereocenters. The number of hydrogen-bond donors (Lipinski definition) is 1. The lowest BCUT2D eigenvalue weighted by Crippen LogP contribution is -2.32. The molecule has 0 saturated heterocycles. The maximum absolute atomic E-state index is 11.9. The van der Waals surface area contributed by atoms with E-state index < -0.39 is 0 Å². The number of ether oxygens (including phenoxy) is 1. The van der Waals surface area contributed by atoms with E-state index in [2.05, 4.69) is 15.5 Å². The summed E-state index contributed by atoms with van der Waals surface area (Å²) in [7, 11) is 1.66. The second-order valence-electron chi connectivity index (χ2n) is 6.49. The molecule has 3 rings (SSSR count). The summed E-state index contributed by atoms with van der Waals surface area (Å²) >= 11 is 0. The van der Waals surface area contributed by atoms with Crippen molar-refractivity contribution in [2.24, 2.45) is 0 Å². The lowest BCUT2D eigenvalue weighted by atomic mass is 10.1. The number of nitrogens with zero attached hydrogens (tertiary/aromatic N) is 2. The van der Waals surface area contributed by atoms with Gasteiger partial charge >= 0.3 is 0 Å². The number of hydrogen-bond acceptors (Lipinski definition) is 5. The highest BCUT2D eigenvalue weighted by molar-refractivity contribution is 5.76. The molecule has 0 radical (unpaired) electrons. The topological polar surface area (TPSA) is 77.2 Å². The van der Waals surface area contributed by atoms with Gasteiger partial charge in [-0.3, -0.25) is 4.79 Å². The van der Waals surface area contributed by atoms with Gasteiger partial charge in [0.25, 0.3) is 0 Å². The van der Waals surface area contributed by atoms with Gasteiger partial charge in [0.05, 0.1) is 7.11 Å². The molecule has 0 bridgehead atoms. The number of nitrogens with one attached hydrogen (secondary N) is 1. The maximum atomic E-state index is 11.9. The summed E-state index contributed by atoms with van der Waals surface area (Å²) in [5.74, 6) is 2.05. The molecule has 1 saturated carbocycles. The minimum atomic E-state index is 0.0723. The first-order valence-corrected chi connectivity index (χ1v) is 8.96. The average molecular weight is 343 g/mol. The van der Waals surface area contributed by atoms with Crippen molar-refractivity contribution in [1.82, 2.24) is 15.5 Å². The van der Waals surface area contributed by atoms with Gasteiger partial charge in [0, 0.05) is 25.3 Å². The van der Waals surface area contributed by atoms with Gasteiger partial charge in [-0.15, -0.1) is 10.2 Å². The van der Waals surface area contributed by atoms with Crippen LogP contribution in [0.1, 0.15) is 49.4 Å². The molecule has 1 N–H and O–H groups in total. The Labute approximate surface area is 148 Å². The van der Waals surface area contributed by atoms with Crippen molar-refractivity contribution in [3.63, 3.8) is 0 Å². The van der Waals surface area contributed by atoms with Crippen LogP contribution in [-0.2, 0) is 24.1 Å². The standard InChI is InChI=1S/C19H25N3O3/c1-24-16-8-4-5-14(13-16)9-11-18-21-22-19(25-18)12-10-17(23)20-15-6-2-3-7-15/h4-5,8,13,15H,2-3,6-7,9-12H2,1H3,(H,20,23). The van der Waals surface area contributed by atoms with Crippen molar-refractivity contribution in [3.05, 3.63) is 41.6 Å². The molecule has 25 heavy (non-hydrogen) atoms. The van der Waals surface area contributed by atoms with Crippen molar-refractivity contribution in [2.75, 3.05) is 7.11 Å². The fourth-order valence-corrected chi connectivity index (χ4v) is 3.16. The van der Waals surface area contributed by atoms with Crippen molar-refractivity contribution in [3.8, 4) is 5.75 Å². The first-order chi connectivity index (χ1) is 12.2. The van der Waals surface area contributed by atoms with Crippen molar-refractivity contribution < 1.29 is 13.9 Å². The van der Waals surface area contributed by atoms with Gasteiger partial charge in [-0.1, -0.05) is 25.0 Å². The molecule has 2 aromatic rings. The van der Waals surface area contributed by atoms with E-state index >= 15 is 0 Å². The van der Waals surface area contributed by atoms with E-state index in [1.54, 1.807) is 7.11 Å². The van der Waals surface area contributed by atoms with E-state index in [-0.39, 0.29) is 5.91 Å². The fourth-order valence-electron chi connectivity index (χ4n) is 3.16. The summed E-state index contributed by atoms with van der Waals surface area (Å²) in [6, 6.07) is 8.30. The quantitative estimate of drug-likeness (QED) is 0.797. The van der Waals surface area contributed by atoms with E-state index in [1.165, 1.54) is 12.8 Å². The van der Waals surface area contributed by atoms with Gasteiger partial charge in [0.15, 0.2) is 0 Å². The third-order valence-electron chi connectivity index (χ3n) is 4.56. The Hall–Kier alpha value is -2.37. The number of carbonyl (C=O) groups is 1. The van der Waals surface area contributed by atoms with Crippen LogP contribution in [0.3, 0.4) is 0 Å². The largest absolute Gasteiger partial charge is 0.497 e.